The van der Waals surface area contributed by atoms with Crippen molar-refractivity contribution < 1.29 is 53.9 Å². The molecule has 0 saturated heterocycles. The van der Waals surface area contributed by atoms with Gasteiger partial charge < -0.3 is 34.3 Å². The van der Waals surface area contributed by atoms with Crippen molar-refractivity contribution in [3.05, 3.63) is 89.5 Å². The van der Waals surface area contributed by atoms with Crippen LogP contribution in [0.15, 0.2) is 72.8 Å². The van der Waals surface area contributed by atoms with Crippen LogP contribution in [0.5, 0.6) is 11.5 Å². The second-order valence-corrected chi connectivity index (χ2v) is 9.22. The van der Waals surface area contributed by atoms with Gasteiger partial charge in [0.15, 0.2) is 11.4 Å². The smallest absolute Gasteiger partial charge is 0.339 e. The summed E-state index contributed by atoms with van der Waals surface area (Å²) in [5.74, 6) is 0.868. The zero-order valence-corrected chi connectivity index (χ0v) is 25.0. The molecule has 0 spiro atoms. The Morgan fingerprint density at radius 3 is 1.92 bits per heavy atom. The summed E-state index contributed by atoms with van der Waals surface area (Å²) < 4.78 is 10.6. The lowest BCUT2D eigenvalue weighted by atomic mass is 10.1. The molecule has 12 heteroatoms. The molecule has 0 heterocycles. The van der Waals surface area contributed by atoms with Crippen LogP contribution in [0, 0.1) is 0 Å². The molecule has 0 radical (unpaired) electrons. The molecule has 0 saturated carbocycles. The average molecular weight is 610 g/mol. The molecular weight excluding hydrogens is 579 g/mol. The first-order valence-corrected chi connectivity index (χ1v) is 13.7. The summed E-state index contributed by atoms with van der Waals surface area (Å²) in [7, 11) is 3.21. The van der Waals surface area contributed by atoms with E-state index in [1.807, 2.05) is 61.0 Å². The maximum Gasteiger partial charge on any atom is 0.339 e. The zero-order chi connectivity index (χ0) is 26.6. The Labute approximate surface area is 249 Å². The van der Waals surface area contributed by atoms with Gasteiger partial charge in [0.25, 0.3) is 0 Å². The summed E-state index contributed by atoms with van der Waals surface area (Å²) in [6, 6.07) is 21.6. The van der Waals surface area contributed by atoms with Gasteiger partial charge in [-0.05, 0) is 90.1 Å². The second-order valence-electron chi connectivity index (χ2n) is 7.58. The Morgan fingerprint density at radius 1 is 0.769 bits per heavy atom. The molecule has 0 aromatic heterocycles. The highest BCUT2D eigenvalue weighted by atomic mass is 35.5. The van der Waals surface area contributed by atoms with E-state index in [9.17, 15) is 9.59 Å². The van der Waals surface area contributed by atoms with Gasteiger partial charge in [-0.25, -0.2) is 25.2 Å². The number of halogens is 2. The first kappa shape index (κ1) is 33.8. The van der Waals surface area contributed by atoms with Gasteiger partial charge in [-0.15, -0.1) is 0 Å². The summed E-state index contributed by atoms with van der Waals surface area (Å²) in [5.41, 5.74) is 2.63. The third kappa shape index (κ3) is 10.1. The van der Waals surface area contributed by atoms with Crippen molar-refractivity contribution in [1.82, 2.24) is 10.6 Å². The normalized spacial score (nSPS) is 11.0. The fourth-order valence-electron chi connectivity index (χ4n) is 3.26. The van der Waals surface area contributed by atoms with E-state index in [-0.39, 0.29) is 36.6 Å². The maximum absolute atomic E-state index is 12.8. The van der Waals surface area contributed by atoms with E-state index in [4.69, 9.17) is 9.47 Å². The van der Waals surface area contributed by atoms with Crippen molar-refractivity contribution in [2.45, 2.75) is 6.54 Å². The number of para-hydroxylation sites is 2. The van der Waals surface area contributed by atoms with Crippen LogP contribution in [0.4, 0.5) is 5.69 Å². The third-order valence-electron chi connectivity index (χ3n) is 5.21. The number of amides is 2. The molecule has 0 atom stereocenters. The standard InChI is InChI=1S/C27H28N4O4S2.2ClH/c1-34-21-9-7-8-18(16-21)17-28-26(36-3)30-24(32)19-12-14-20(15-13-19)25(33)31-27(37-4)29-22-10-5-6-11-23(22)35-2;;/h5-16H,17H2,1-4H3,(H,28,30,32)(H,29,31,33);2*1H. The van der Waals surface area contributed by atoms with Gasteiger partial charge in [0.05, 0.1) is 25.3 Å². The van der Waals surface area contributed by atoms with E-state index in [1.165, 1.54) is 23.5 Å². The predicted octanol–water partition coefficient (Wildman–Crippen LogP) is -4.70. The van der Waals surface area contributed by atoms with Gasteiger partial charge in [-0.3, -0.25) is 4.99 Å². The topological polar surface area (TPSA) is 105 Å². The summed E-state index contributed by atoms with van der Waals surface area (Å²) in [6.07, 6.45) is 3.73. The van der Waals surface area contributed by atoms with Crippen LogP contribution in [-0.4, -0.2) is 48.9 Å². The Balaban J connectivity index is 0.00000380. The lowest BCUT2D eigenvalue weighted by Crippen LogP contribution is -3.00. The number of methoxy groups -OCH3 is 2. The van der Waals surface area contributed by atoms with Crippen LogP contribution >= 0.6 is 23.5 Å². The van der Waals surface area contributed by atoms with Gasteiger partial charge >= 0.3 is 22.1 Å². The number of thioether (sulfide) groups is 2. The Bertz CT molecular complexity index is 1300. The van der Waals surface area contributed by atoms with Crippen molar-refractivity contribution >= 4 is 51.4 Å². The Hall–Kier alpha value is -3.18. The number of nitrogens with one attached hydrogen (secondary N) is 4. The number of rotatable bonds is 7. The van der Waals surface area contributed by atoms with Crippen LogP contribution in [0.3, 0.4) is 0 Å². The molecule has 0 aliphatic carbocycles. The van der Waals surface area contributed by atoms with Crippen molar-refractivity contribution in [1.29, 1.82) is 0 Å². The maximum atomic E-state index is 12.8. The van der Waals surface area contributed by atoms with Crippen LogP contribution in [0.25, 0.3) is 0 Å². The molecule has 39 heavy (non-hydrogen) atoms. The molecule has 0 aliphatic rings. The summed E-state index contributed by atoms with van der Waals surface area (Å²) in [5, 5.41) is 6.91. The van der Waals surface area contributed by atoms with E-state index in [1.54, 1.807) is 38.5 Å². The molecule has 0 aliphatic heterocycles. The fraction of sp³-hybridized carbons (Fsp3) is 0.185. The number of amidine groups is 2. The monoisotopic (exact) mass is 608 g/mol. The Kier molecular flexibility index (Phi) is 15.1. The molecular formula is C27H30Cl2N4O4S2. The van der Waals surface area contributed by atoms with Crippen molar-refractivity contribution in [3.8, 4) is 11.5 Å². The van der Waals surface area contributed by atoms with E-state index in [2.05, 4.69) is 20.6 Å². The van der Waals surface area contributed by atoms with Crippen molar-refractivity contribution in [2.75, 3.05) is 26.7 Å². The van der Waals surface area contributed by atoms with Gasteiger partial charge in [0.2, 0.25) is 0 Å². The van der Waals surface area contributed by atoms with Crippen LogP contribution < -0.4 is 54.9 Å². The first-order chi connectivity index (χ1) is 18.0. The van der Waals surface area contributed by atoms with E-state index in [0.717, 1.165) is 17.0 Å². The third-order valence-corrected chi connectivity index (χ3v) is 6.48. The van der Waals surface area contributed by atoms with Gasteiger partial charge in [-0.1, -0.05) is 24.3 Å². The summed E-state index contributed by atoms with van der Waals surface area (Å²) >= 11 is 2.76. The van der Waals surface area contributed by atoms with E-state index in [0.29, 0.717) is 33.8 Å². The highest BCUT2D eigenvalue weighted by molar-refractivity contribution is 8.13. The van der Waals surface area contributed by atoms with Crippen LogP contribution in [-0.2, 0) is 6.54 Å². The average Bonchev–Trinajstić information content (AvgIpc) is 2.95. The predicted molar refractivity (Wildman–Crippen MR) is 150 cm³/mol. The largest absolute Gasteiger partial charge is 1.00 e. The number of hydrogen-bond acceptors (Lipinski definition) is 6. The molecule has 4 N–H and O–H groups in total. The molecule has 0 fully saturated rings. The van der Waals surface area contributed by atoms with Gasteiger partial charge in [-0.2, -0.15) is 0 Å². The van der Waals surface area contributed by atoms with Gasteiger partial charge in [0, 0.05) is 0 Å². The molecule has 3 aromatic carbocycles. The van der Waals surface area contributed by atoms with E-state index < -0.39 is 0 Å². The lowest BCUT2D eigenvalue weighted by molar-refractivity contribution is -0.473. The minimum Gasteiger partial charge on any atom is -1.00 e. The summed E-state index contributed by atoms with van der Waals surface area (Å²) in [4.78, 5) is 32.0. The minimum absolute atomic E-state index is 0. The number of hydrogen-bond donors (Lipinski definition) is 4. The second kappa shape index (κ2) is 17.4. The fourth-order valence-corrected chi connectivity index (χ4v) is 4.08. The van der Waals surface area contributed by atoms with Crippen LogP contribution in [0.2, 0.25) is 0 Å². The lowest BCUT2D eigenvalue weighted by Gasteiger charge is -2.04. The van der Waals surface area contributed by atoms with Crippen molar-refractivity contribution in [2.24, 2.45) is 0 Å². The number of benzene rings is 3. The minimum atomic E-state index is -0.296. The van der Waals surface area contributed by atoms with E-state index >= 15 is 0 Å². The highest BCUT2D eigenvalue weighted by Gasteiger charge is 2.19. The SMILES string of the molecule is COc1cccc(C[NH+]=C(NC(=O)c2ccc(C(=O)NC(=[NH+]c3ccccc3OC)SC)cc2)SC)c1.[Cl-].[Cl-]. The molecule has 2 amide bonds. The molecule has 8 nitrogen and oxygen atoms in total. The molecule has 0 unspecified atom stereocenters. The quantitative estimate of drug-likeness (QED) is 0.159. The number of carbonyl (C=O) groups excluding carboxylic acids is 2. The molecule has 3 rings (SSSR count). The number of ether oxygens (including phenoxy) is 2. The van der Waals surface area contributed by atoms with Crippen LogP contribution in [0.1, 0.15) is 26.3 Å². The highest BCUT2D eigenvalue weighted by Crippen LogP contribution is 2.17. The Morgan fingerprint density at radius 2 is 1.36 bits per heavy atom. The number of carbonyl (C=O) groups is 2. The molecule has 0 bridgehead atoms. The summed E-state index contributed by atoms with van der Waals surface area (Å²) in [6.45, 7) is 0.532. The zero-order valence-electron chi connectivity index (χ0n) is 21.8. The van der Waals surface area contributed by atoms with Crippen molar-refractivity contribution in [3.63, 3.8) is 0 Å². The molecule has 3 aromatic rings. The first-order valence-electron chi connectivity index (χ1n) is 11.3. The molecule has 208 valence electrons. The van der Waals surface area contributed by atoms with Gasteiger partial charge in [0.1, 0.15) is 12.3 Å².